The Hall–Kier alpha value is -5.81. The van der Waals surface area contributed by atoms with Crippen molar-refractivity contribution in [2.24, 2.45) is 0 Å². The molecule has 0 fully saturated rings. The number of rotatable bonds is 6. The first-order chi connectivity index (χ1) is 19.7. The number of amides is 1. The van der Waals surface area contributed by atoms with Crippen molar-refractivity contribution in [2.45, 2.75) is 26.8 Å². The Morgan fingerprint density at radius 2 is 1.66 bits per heavy atom. The van der Waals surface area contributed by atoms with Crippen molar-refractivity contribution in [2.75, 3.05) is 11.9 Å². The van der Waals surface area contributed by atoms with Gasteiger partial charge in [-0.05, 0) is 73.5 Å². The van der Waals surface area contributed by atoms with E-state index in [1.54, 1.807) is 41.3 Å². The molecule has 1 amide bonds. The van der Waals surface area contributed by atoms with Crippen LogP contribution in [0.25, 0.3) is 0 Å². The molecule has 11 heteroatoms. The highest BCUT2D eigenvalue weighted by Crippen LogP contribution is 2.35. The molecular formula is C30H23N7O4. The number of aromatic nitrogens is 2. The normalized spacial score (nSPS) is 12.0. The molecule has 202 valence electrons. The fourth-order valence-electron chi connectivity index (χ4n) is 4.64. The molecule has 2 heterocycles. The second kappa shape index (κ2) is 11.1. The molecule has 1 N–H and O–H groups in total. The van der Waals surface area contributed by atoms with Crippen LogP contribution in [0, 0.1) is 46.6 Å². The number of non-ortho nitro benzene ring substituents is 1. The van der Waals surface area contributed by atoms with E-state index in [2.05, 4.69) is 22.4 Å². The average Bonchev–Trinajstić information content (AvgIpc) is 2.98. The number of benzene rings is 3. The van der Waals surface area contributed by atoms with Gasteiger partial charge < -0.3 is 15.0 Å². The van der Waals surface area contributed by atoms with Crippen LogP contribution in [0.1, 0.15) is 43.9 Å². The van der Waals surface area contributed by atoms with Crippen LogP contribution in [0.15, 0.2) is 60.7 Å². The highest BCUT2D eigenvalue weighted by molar-refractivity contribution is 5.94. The van der Waals surface area contributed by atoms with E-state index in [-0.39, 0.29) is 24.0 Å². The van der Waals surface area contributed by atoms with Crippen LogP contribution in [0.3, 0.4) is 0 Å². The smallest absolute Gasteiger partial charge is 0.269 e. The summed E-state index contributed by atoms with van der Waals surface area (Å²) < 4.78 is 6.37. The van der Waals surface area contributed by atoms with E-state index in [4.69, 9.17) is 15.0 Å². The molecule has 11 nitrogen and oxygen atoms in total. The van der Waals surface area contributed by atoms with Gasteiger partial charge in [-0.15, -0.1) is 0 Å². The van der Waals surface area contributed by atoms with Gasteiger partial charge in [0, 0.05) is 36.3 Å². The molecule has 5 rings (SSSR count). The predicted octanol–water partition coefficient (Wildman–Crippen LogP) is 5.48. The number of aryl methyl sites for hydroxylation is 2. The van der Waals surface area contributed by atoms with Crippen molar-refractivity contribution >= 4 is 23.2 Å². The molecule has 0 bridgehead atoms. The molecule has 0 saturated heterocycles. The molecule has 0 saturated carbocycles. The number of nitro groups is 1. The SMILES string of the molecule is Cc1cc(C#N)cc(C)c1Oc1nc(Nc2ccc(C#N)cc2)nc2c1CN(C(=O)c1ccc([N+](=O)[O-])cc1)CC2. The Kier molecular flexibility index (Phi) is 7.27. The molecule has 3 aromatic carbocycles. The van der Waals surface area contributed by atoms with E-state index in [0.29, 0.717) is 58.3 Å². The number of hydrogen-bond donors (Lipinski definition) is 1. The van der Waals surface area contributed by atoms with E-state index >= 15 is 0 Å². The summed E-state index contributed by atoms with van der Waals surface area (Å²) in [4.78, 5) is 34.8. The van der Waals surface area contributed by atoms with Crippen LogP contribution < -0.4 is 10.1 Å². The molecule has 4 aromatic rings. The summed E-state index contributed by atoms with van der Waals surface area (Å²) in [6, 6.07) is 20.1. The van der Waals surface area contributed by atoms with Gasteiger partial charge in [-0.3, -0.25) is 14.9 Å². The molecule has 0 radical (unpaired) electrons. The minimum atomic E-state index is -0.511. The largest absolute Gasteiger partial charge is 0.438 e. The molecule has 1 aliphatic rings. The van der Waals surface area contributed by atoms with E-state index in [9.17, 15) is 20.2 Å². The summed E-state index contributed by atoms with van der Waals surface area (Å²) in [7, 11) is 0. The van der Waals surface area contributed by atoms with Gasteiger partial charge in [-0.1, -0.05) is 0 Å². The first-order valence-electron chi connectivity index (χ1n) is 12.7. The maximum absolute atomic E-state index is 13.3. The zero-order valence-corrected chi connectivity index (χ0v) is 22.2. The minimum absolute atomic E-state index is 0.0925. The standard InChI is InChI=1S/C30H23N7O4/c1-18-13-21(16-32)14-19(2)27(18)41-28-25-17-36(29(38)22-5-9-24(10-6-22)37(39)40)12-11-26(25)34-30(35-28)33-23-7-3-20(15-31)4-8-23/h3-10,13-14H,11-12,17H2,1-2H3,(H,33,34,35). The number of ether oxygens (including phenoxy) is 1. The zero-order chi connectivity index (χ0) is 29.1. The lowest BCUT2D eigenvalue weighted by Gasteiger charge is -2.29. The van der Waals surface area contributed by atoms with E-state index in [1.165, 1.54) is 24.3 Å². The second-order valence-corrected chi connectivity index (χ2v) is 9.53. The third-order valence-corrected chi connectivity index (χ3v) is 6.69. The molecule has 0 aliphatic carbocycles. The number of fused-ring (bicyclic) bond motifs is 1. The fraction of sp³-hybridized carbons (Fsp3) is 0.167. The number of anilines is 2. The van der Waals surface area contributed by atoms with Crippen molar-refractivity contribution in [3.8, 4) is 23.8 Å². The molecule has 1 aromatic heterocycles. The summed E-state index contributed by atoms with van der Waals surface area (Å²) >= 11 is 0. The topological polar surface area (TPSA) is 158 Å². The minimum Gasteiger partial charge on any atom is -0.438 e. The average molecular weight is 546 g/mol. The van der Waals surface area contributed by atoms with Crippen LogP contribution >= 0.6 is 0 Å². The van der Waals surface area contributed by atoms with Gasteiger partial charge >= 0.3 is 0 Å². The van der Waals surface area contributed by atoms with Gasteiger partial charge in [-0.25, -0.2) is 4.98 Å². The molecule has 0 atom stereocenters. The van der Waals surface area contributed by atoms with Gasteiger partial charge in [0.2, 0.25) is 11.8 Å². The number of nitrogens with one attached hydrogen (secondary N) is 1. The van der Waals surface area contributed by atoms with Crippen LogP contribution in [0.2, 0.25) is 0 Å². The number of nitriles is 2. The quantitative estimate of drug-likeness (QED) is 0.244. The first kappa shape index (κ1) is 26.8. The number of nitrogens with zero attached hydrogens (tertiary/aromatic N) is 6. The first-order valence-corrected chi connectivity index (χ1v) is 12.7. The number of carbonyl (C=O) groups is 1. The van der Waals surface area contributed by atoms with Gasteiger partial charge in [0.05, 0.1) is 46.0 Å². The number of hydrogen-bond acceptors (Lipinski definition) is 9. The summed E-state index contributed by atoms with van der Waals surface area (Å²) in [6.07, 6.45) is 0.431. The number of carbonyl (C=O) groups excluding carboxylic acids is 1. The molecule has 1 aliphatic heterocycles. The molecule has 41 heavy (non-hydrogen) atoms. The lowest BCUT2D eigenvalue weighted by molar-refractivity contribution is -0.384. The molecule has 0 unspecified atom stereocenters. The second-order valence-electron chi connectivity index (χ2n) is 9.53. The van der Waals surface area contributed by atoms with Gasteiger partial charge in [0.1, 0.15) is 5.75 Å². The van der Waals surface area contributed by atoms with Gasteiger partial charge in [0.25, 0.3) is 11.6 Å². The summed E-state index contributed by atoms with van der Waals surface area (Å²) in [6.45, 7) is 4.24. The monoisotopic (exact) mass is 545 g/mol. The third kappa shape index (κ3) is 5.65. The molecule has 0 spiro atoms. The fourth-order valence-corrected chi connectivity index (χ4v) is 4.64. The molecular weight excluding hydrogens is 522 g/mol. The van der Waals surface area contributed by atoms with E-state index in [0.717, 1.165) is 11.1 Å². The van der Waals surface area contributed by atoms with Crippen LogP contribution in [0.5, 0.6) is 11.6 Å². The predicted molar refractivity (Wildman–Crippen MR) is 149 cm³/mol. The van der Waals surface area contributed by atoms with E-state index in [1.807, 2.05) is 13.8 Å². The van der Waals surface area contributed by atoms with E-state index < -0.39 is 4.92 Å². The van der Waals surface area contributed by atoms with Crippen LogP contribution in [-0.2, 0) is 13.0 Å². The lowest BCUT2D eigenvalue weighted by atomic mass is 10.0. The maximum atomic E-state index is 13.3. The van der Waals surface area contributed by atoms with Crippen molar-refractivity contribution in [1.29, 1.82) is 10.5 Å². The highest BCUT2D eigenvalue weighted by Gasteiger charge is 2.28. The third-order valence-electron chi connectivity index (χ3n) is 6.69. The van der Waals surface area contributed by atoms with Gasteiger partial charge in [0.15, 0.2) is 0 Å². The van der Waals surface area contributed by atoms with Crippen molar-refractivity contribution in [1.82, 2.24) is 14.9 Å². The lowest BCUT2D eigenvalue weighted by Crippen LogP contribution is -2.36. The van der Waals surface area contributed by atoms with Crippen molar-refractivity contribution in [3.63, 3.8) is 0 Å². The van der Waals surface area contributed by atoms with Crippen LogP contribution in [-0.4, -0.2) is 32.2 Å². The van der Waals surface area contributed by atoms with Crippen LogP contribution in [0.4, 0.5) is 17.3 Å². The summed E-state index contributed by atoms with van der Waals surface area (Å²) in [5.74, 6) is 0.834. The zero-order valence-electron chi connectivity index (χ0n) is 22.2. The maximum Gasteiger partial charge on any atom is 0.269 e. The highest BCUT2D eigenvalue weighted by atomic mass is 16.6. The van der Waals surface area contributed by atoms with Gasteiger partial charge in [-0.2, -0.15) is 15.5 Å². The Balaban J connectivity index is 1.50. The Bertz CT molecular complexity index is 1730. The Labute approximate surface area is 235 Å². The number of nitro benzene ring substituents is 1. The van der Waals surface area contributed by atoms with Crippen molar-refractivity contribution < 1.29 is 14.5 Å². The summed E-state index contributed by atoms with van der Waals surface area (Å²) in [5, 5.41) is 32.6. The Morgan fingerprint density at radius 1 is 1.00 bits per heavy atom. The summed E-state index contributed by atoms with van der Waals surface area (Å²) in [5.41, 5.74) is 4.82. The van der Waals surface area contributed by atoms with Crippen molar-refractivity contribution in [3.05, 3.63) is 110 Å². The Morgan fingerprint density at radius 3 is 2.27 bits per heavy atom.